The van der Waals surface area contributed by atoms with Crippen LogP contribution in [0.3, 0.4) is 0 Å². The molecule has 1 fully saturated rings. The van der Waals surface area contributed by atoms with E-state index in [9.17, 15) is 4.79 Å². The Morgan fingerprint density at radius 2 is 2.14 bits per heavy atom. The van der Waals surface area contributed by atoms with Crippen LogP contribution in [0.15, 0.2) is 5.16 Å². The lowest BCUT2D eigenvalue weighted by Gasteiger charge is -2.11. The number of carbonyl (C=O) groups excluding carboxylic acids is 1. The Morgan fingerprint density at radius 1 is 1.41 bits per heavy atom. The molecule has 2 aromatic heterocycles. The first-order chi connectivity index (χ1) is 10.5. The number of aryl methyl sites for hydroxylation is 2. The molecule has 1 aliphatic carbocycles. The number of rotatable bonds is 5. The topological polar surface area (TPSA) is 90.5 Å². The Labute approximate surface area is 132 Å². The van der Waals surface area contributed by atoms with E-state index in [4.69, 9.17) is 0 Å². The third-order valence-electron chi connectivity index (χ3n) is 3.76. The highest BCUT2D eigenvalue weighted by Gasteiger charge is 2.29. The minimum Gasteiger partial charge on any atom is -0.322 e. The number of anilines is 1. The third kappa shape index (κ3) is 2.85. The van der Waals surface area contributed by atoms with E-state index in [1.54, 1.807) is 4.68 Å². The van der Waals surface area contributed by atoms with Crippen molar-refractivity contribution in [2.75, 3.05) is 5.32 Å². The molecule has 0 spiro atoms. The van der Waals surface area contributed by atoms with Gasteiger partial charge in [-0.3, -0.25) is 9.48 Å². The van der Waals surface area contributed by atoms with Gasteiger partial charge < -0.3 is 5.32 Å². The summed E-state index contributed by atoms with van der Waals surface area (Å²) in [6.45, 7) is 5.67. The van der Waals surface area contributed by atoms with E-state index in [0.29, 0.717) is 11.2 Å². The van der Waals surface area contributed by atoms with Crippen LogP contribution < -0.4 is 5.32 Å². The monoisotopic (exact) mass is 321 g/mol. The number of tetrazole rings is 1. The maximum absolute atomic E-state index is 12.4. The van der Waals surface area contributed by atoms with E-state index in [1.807, 2.05) is 32.5 Å². The lowest BCUT2D eigenvalue weighted by molar-refractivity contribution is -0.115. The summed E-state index contributed by atoms with van der Waals surface area (Å²) in [6, 6.07) is 0.399. The highest BCUT2D eigenvalue weighted by atomic mass is 32.2. The molecule has 118 valence electrons. The fourth-order valence-electron chi connectivity index (χ4n) is 2.20. The molecular formula is C13H19N7OS. The maximum atomic E-state index is 12.4. The van der Waals surface area contributed by atoms with Gasteiger partial charge in [-0.2, -0.15) is 5.10 Å². The second-order valence-corrected chi connectivity index (χ2v) is 6.86. The fourth-order valence-corrected chi connectivity index (χ4v) is 3.06. The predicted molar refractivity (Wildman–Crippen MR) is 82.7 cm³/mol. The van der Waals surface area contributed by atoms with Crippen LogP contribution in [0.2, 0.25) is 0 Å². The molecule has 0 bridgehead atoms. The van der Waals surface area contributed by atoms with Crippen LogP contribution in [0.1, 0.15) is 37.2 Å². The highest BCUT2D eigenvalue weighted by molar-refractivity contribution is 8.00. The Bertz CT molecular complexity index is 703. The van der Waals surface area contributed by atoms with Gasteiger partial charge in [0.15, 0.2) is 0 Å². The van der Waals surface area contributed by atoms with Crippen molar-refractivity contribution in [3.05, 3.63) is 11.4 Å². The number of amides is 1. The van der Waals surface area contributed by atoms with E-state index in [2.05, 4.69) is 25.9 Å². The molecule has 3 rings (SSSR count). The average Bonchev–Trinajstić information content (AvgIpc) is 3.17. The average molecular weight is 321 g/mol. The summed E-state index contributed by atoms with van der Waals surface area (Å²) in [7, 11) is 1.86. The van der Waals surface area contributed by atoms with Crippen LogP contribution in [0.5, 0.6) is 0 Å². The Balaban J connectivity index is 1.68. The second-order valence-electron chi connectivity index (χ2n) is 5.56. The molecule has 0 aliphatic heterocycles. The Hall–Kier alpha value is -1.90. The molecule has 22 heavy (non-hydrogen) atoms. The van der Waals surface area contributed by atoms with Gasteiger partial charge in [-0.15, -0.1) is 5.10 Å². The normalized spacial score (nSPS) is 15.8. The van der Waals surface area contributed by atoms with Gasteiger partial charge in [0, 0.05) is 7.05 Å². The maximum Gasteiger partial charge on any atom is 0.237 e. The van der Waals surface area contributed by atoms with Crippen molar-refractivity contribution in [3.8, 4) is 0 Å². The number of carbonyl (C=O) groups is 1. The molecule has 0 aromatic carbocycles. The Kier molecular flexibility index (Phi) is 3.90. The molecule has 1 N–H and O–H groups in total. The first-order valence-electron chi connectivity index (χ1n) is 7.23. The van der Waals surface area contributed by atoms with Gasteiger partial charge in [-0.05, 0) is 44.0 Å². The SMILES string of the molecule is Cc1nn(C)c(C)c1NC(=O)[C@@H](C)Sc1nnnn1C1CC1. The van der Waals surface area contributed by atoms with Crippen LogP contribution >= 0.6 is 11.8 Å². The van der Waals surface area contributed by atoms with Gasteiger partial charge in [0.2, 0.25) is 11.1 Å². The number of hydrogen-bond acceptors (Lipinski definition) is 6. The van der Waals surface area contributed by atoms with Crippen molar-refractivity contribution in [2.45, 2.75) is 50.1 Å². The van der Waals surface area contributed by atoms with Crippen LogP contribution in [0.4, 0.5) is 5.69 Å². The zero-order chi connectivity index (χ0) is 15.9. The molecule has 1 saturated carbocycles. The van der Waals surface area contributed by atoms with Crippen LogP contribution in [0.25, 0.3) is 0 Å². The summed E-state index contributed by atoms with van der Waals surface area (Å²) >= 11 is 1.38. The standard InChI is InChI=1S/C13H19N7OS/c1-7-11(8(2)19(4)16-7)14-12(21)9(3)22-13-15-17-18-20(13)10-5-6-10/h9-10H,5-6H2,1-4H3,(H,14,21)/t9-/m1/s1. The summed E-state index contributed by atoms with van der Waals surface area (Å²) in [4.78, 5) is 12.4. The molecule has 8 nitrogen and oxygen atoms in total. The first kappa shape index (κ1) is 15.0. The molecule has 0 saturated heterocycles. The zero-order valence-electron chi connectivity index (χ0n) is 13.1. The zero-order valence-corrected chi connectivity index (χ0v) is 13.9. The number of aromatic nitrogens is 6. The lowest BCUT2D eigenvalue weighted by Crippen LogP contribution is -2.23. The quantitative estimate of drug-likeness (QED) is 0.839. The Morgan fingerprint density at radius 3 is 2.73 bits per heavy atom. The summed E-state index contributed by atoms with van der Waals surface area (Å²) in [5.74, 6) is -0.0745. The van der Waals surface area contributed by atoms with Crippen molar-refractivity contribution in [1.29, 1.82) is 0 Å². The van der Waals surface area contributed by atoms with E-state index >= 15 is 0 Å². The molecule has 9 heteroatoms. The van der Waals surface area contributed by atoms with Crippen LogP contribution in [-0.4, -0.2) is 41.1 Å². The second kappa shape index (κ2) is 5.71. The molecule has 1 aliphatic rings. The predicted octanol–water partition coefficient (Wildman–Crippen LogP) is 1.48. The van der Waals surface area contributed by atoms with Crippen molar-refractivity contribution in [1.82, 2.24) is 30.0 Å². The van der Waals surface area contributed by atoms with Crippen LogP contribution in [-0.2, 0) is 11.8 Å². The number of thioether (sulfide) groups is 1. The van der Waals surface area contributed by atoms with E-state index in [0.717, 1.165) is 29.9 Å². The van der Waals surface area contributed by atoms with Crippen molar-refractivity contribution in [3.63, 3.8) is 0 Å². The van der Waals surface area contributed by atoms with E-state index < -0.39 is 0 Å². The number of nitrogens with one attached hydrogen (secondary N) is 1. The molecule has 1 amide bonds. The number of hydrogen-bond donors (Lipinski definition) is 1. The summed E-state index contributed by atoms with van der Waals surface area (Å²) in [5, 5.41) is 19.4. The van der Waals surface area contributed by atoms with E-state index in [1.165, 1.54) is 11.8 Å². The summed E-state index contributed by atoms with van der Waals surface area (Å²) in [5.41, 5.74) is 2.53. The smallest absolute Gasteiger partial charge is 0.237 e. The lowest BCUT2D eigenvalue weighted by atomic mass is 10.3. The summed E-state index contributed by atoms with van der Waals surface area (Å²) < 4.78 is 3.57. The first-order valence-corrected chi connectivity index (χ1v) is 8.11. The van der Waals surface area contributed by atoms with E-state index in [-0.39, 0.29) is 11.2 Å². The third-order valence-corrected chi connectivity index (χ3v) is 4.81. The largest absolute Gasteiger partial charge is 0.322 e. The van der Waals surface area contributed by atoms with Gasteiger partial charge in [0.05, 0.1) is 28.4 Å². The van der Waals surface area contributed by atoms with Gasteiger partial charge in [0.25, 0.3) is 0 Å². The molecule has 2 heterocycles. The van der Waals surface area contributed by atoms with Crippen molar-refractivity contribution in [2.24, 2.45) is 7.05 Å². The minimum absolute atomic E-state index is 0.0745. The molecule has 1 atom stereocenters. The molecular weight excluding hydrogens is 302 g/mol. The highest BCUT2D eigenvalue weighted by Crippen LogP contribution is 2.37. The van der Waals surface area contributed by atoms with Crippen LogP contribution in [0, 0.1) is 13.8 Å². The van der Waals surface area contributed by atoms with Gasteiger partial charge in [-0.25, -0.2) is 4.68 Å². The van der Waals surface area contributed by atoms with Crippen molar-refractivity contribution >= 4 is 23.4 Å². The van der Waals surface area contributed by atoms with Gasteiger partial charge >= 0.3 is 0 Å². The van der Waals surface area contributed by atoms with Crippen molar-refractivity contribution < 1.29 is 4.79 Å². The molecule has 0 unspecified atom stereocenters. The minimum atomic E-state index is -0.289. The molecule has 2 aromatic rings. The van der Waals surface area contributed by atoms with Gasteiger partial charge in [0.1, 0.15) is 0 Å². The number of nitrogens with zero attached hydrogens (tertiary/aromatic N) is 6. The summed E-state index contributed by atoms with van der Waals surface area (Å²) in [6.07, 6.45) is 2.21. The fraction of sp³-hybridized carbons (Fsp3) is 0.615. The molecule has 0 radical (unpaired) electrons. The van der Waals surface area contributed by atoms with Gasteiger partial charge in [-0.1, -0.05) is 11.8 Å².